The fourth-order valence-electron chi connectivity index (χ4n) is 2.62. The lowest BCUT2D eigenvalue weighted by atomic mass is 10.1. The first-order chi connectivity index (χ1) is 10.7. The van der Waals surface area contributed by atoms with Crippen LogP contribution in [-0.2, 0) is 11.3 Å². The molecule has 0 radical (unpaired) electrons. The van der Waals surface area contributed by atoms with E-state index in [0.717, 1.165) is 18.7 Å². The first-order valence-corrected chi connectivity index (χ1v) is 7.73. The zero-order valence-electron chi connectivity index (χ0n) is 12.7. The van der Waals surface area contributed by atoms with Crippen LogP contribution in [0.5, 0.6) is 0 Å². The van der Waals surface area contributed by atoms with Gasteiger partial charge in [0, 0.05) is 31.9 Å². The minimum atomic E-state index is -0.921. The van der Waals surface area contributed by atoms with Crippen LogP contribution in [0.2, 0.25) is 0 Å². The van der Waals surface area contributed by atoms with Crippen LogP contribution in [0.25, 0.3) is 0 Å². The number of carbonyl (C=O) groups excluding carboxylic acids is 1. The molecule has 22 heavy (non-hydrogen) atoms. The van der Waals surface area contributed by atoms with Crippen LogP contribution in [0.4, 0.5) is 10.5 Å². The first-order valence-electron chi connectivity index (χ1n) is 7.73. The average Bonchev–Trinajstić information content (AvgIpc) is 2.54. The van der Waals surface area contributed by atoms with E-state index in [1.54, 1.807) is 0 Å². The van der Waals surface area contributed by atoms with Gasteiger partial charge < -0.3 is 20.6 Å². The predicted molar refractivity (Wildman–Crippen MR) is 85.0 cm³/mol. The number of urea groups is 1. The van der Waals surface area contributed by atoms with Crippen LogP contribution in [0, 0.1) is 0 Å². The number of nitrogens with one attached hydrogen (secondary N) is 2. The summed E-state index contributed by atoms with van der Waals surface area (Å²) in [5.41, 5.74) is 2.26. The maximum absolute atomic E-state index is 11.7. The highest BCUT2D eigenvalue weighted by molar-refractivity contribution is 5.75. The number of para-hydroxylation sites is 1. The first kappa shape index (κ1) is 16.1. The summed E-state index contributed by atoms with van der Waals surface area (Å²) in [6, 6.07) is 7.74. The summed E-state index contributed by atoms with van der Waals surface area (Å²) in [5, 5.41) is 13.9. The van der Waals surface area contributed by atoms with Gasteiger partial charge in [-0.2, -0.15) is 0 Å². The van der Waals surface area contributed by atoms with Gasteiger partial charge in [0.2, 0.25) is 0 Å². The quantitative estimate of drug-likeness (QED) is 0.750. The molecule has 1 saturated heterocycles. The van der Waals surface area contributed by atoms with Crippen molar-refractivity contribution < 1.29 is 14.7 Å². The number of carbonyl (C=O) groups is 2. The Balaban J connectivity index is 1.87. The Morgan fingerprint density at radius 1 is 1.09 bits per heavy atom. The molecule has 1 aromatic carbocycles. The van der Waals surface area contributed by atoms with Crippen molar-refractivity contribution in [2.45, 2.75) is 32.2 Å². The molecule has 1 heterocycles. The molecular weight excluding hydrogens is 282 g/mol. The van der Waals surface area contributed by atoms with E-state index >= 15 is 0 Å². The van der Waals surface area contributed by atoms with Gasteiger partial charge in [0.15, 0.2) is 0 Å². The average molecular weight is 305 g/mol. The summed E-state index contributed by atoms with van der Waals surface area (Å²) in [6.07, 6.45) is 3.62. The van der Waals surface area contributed by atoms with Crippen molar-refractivity contribution in [3.63, 3.8) is 0 Å². The number of rotatable bonds is 6. The van der Waals surface area contributed by atoms with E-state index in [9.17, 15) is 9.59 Å². The van der Waals surface area contributed by atoms with E-state index in [2.05, 4.69) is 21.6 Å². The third-order valence-electron chi connectivity index (χ3n) is 3.75. The molecule has 1 aromatic rings. The van der Waals surface area contributed by atoms with E-state index in [1.165, 1.54) is 24.9 Å². The van der Waals surface area contributed by atoms with Crippen LogP contribution < -0.4 is 15.5 Å². The lowest BCUT2D eigenvalue weighted by Crippen LogP contribution is -2.37. The summed E-state index contributed by atoms with van der Waals surface area (Å²) in [7, 11) is 0. The molecule has 6 heteroatoms. The second-order valence-corrected chi connectivity index (χ2v) is 5.43. The summed E-state index contributed by atoms with van der Waals surface area (Å²) in [4.78, 5) is 24.4. The Labute approximate surface area is 130 Å². The zero-order valence-corrected chi connectivity index (χ0v) is 12.7. The summed E-state index contributed by atoms with van der Waals surface area (Å²) >= 11 is 0. The Morgan fingerprint density at radius 2 is 1.82 bits per heavy atom. The van der Waals surface area contributed by atoms with Crippen molar-refractivity contribution in [1.29, 1.82) is 0 Å². The molecule has 0 bridgehead atoms. The number of hydrogen-bond donors (Lipinski definition) is 3. The molecule has 0 aromatic heterocycles. The molecule has 0 spiro atoms. The minimum Gasteiger partial charge on any atom is -0.481 e. The molecule has 3 N–H and O–H groups in total. The van der Waals surface area contributed by atoms with E-state index in [4.69, 9.17) is 5.11 Å². The van der Waals surface area contributed by atoms with E-state index in [1.807, 2.05) is 18.2 Å². The van der Waals surface area contributed by atoms with Crippen molar-refractivity contribution in [3.05, 3.63) is 29.8 Å². The van der Waals surface area contributed by atoms with E-state index in [0.29, 0.717) is 6.54 Å². The third kappa shape index (κ3) is 4.95. The molecule has 1 aliphatic rings. The number of benzene rings is 1. The maximum atomic E-state index is 11.7. The number of carboxylic acids is 1. The number of carboxylic acid groups (broad SMARTS) is 1. The van der Waals surface area contributed by atoms with Gasteiger partial charge in [-0.1, -0.05) is 18.2 Å². The fraction of sp³-hybridized carbons (Fsp3) is 0.500. The molecule has 1 aliphatic heterocycles. The summed E-state index contributed by atoms with van der Waals surface area (Å²) < 4.78 is 0. The molecule has 0 saturated carbocycles. The van der Waals surface area contributed by atoms with Crippen molar-refractivity contribution in [1.82, 2.24) is 10.6 Å². The van der Waals surface area contributed by atoms with Gasteiger partial charge in [-0.3, -0.25) is 4.79 Å². The molecule has 6 nitrogen and oxygen atoms in total. The molecule has 0 atom stereocenters. The lowest BCUT2D eigenvalue weighted by Gasteiger charge is -2.30. The number of anilines is 1. The SMILES string of the molecule is O=C(O)CCNC(=O)NCc1ccccc1N1CCCCC1. The second-order valence-electron chi connectivity index (χ2n) is 5.43. The number of aliphatic carboxylic acids is 1. The maximum Gasteiger partial charge on any atom is 0.315 e. The Kier molecular flexibility index (Phi) is 6.06. The number of nitrogens with zero attached hydrogens (tertiary/aromatic N) is 1. The monoisotopic (exact) mass is 305 g/mol. The molecule has 120 valence electrons. The van der Waals surface area contributed by atoms with Gasteiger partial charge in [0.25, 0.3) is 0 Å². The van der Waals surface area contributed by atoms with Gasteiger partial charge in [-0.05, 0) is 30.9 Å². The third-order valence-corrected chi connectivity index (χ3v) is 3.75. The predicted octanol–water partition coefficient (Wildman–Crippen LogP) is 1.95. The van der Waals surface area contributed by atoms with Gasteiger partial charge in [-0.25, -0.2) is 4.79 Å². The fourth-order valence-corrected chi connectivity index (χ4v) is 2.62. The minimum absolute atomic E-state index is 0.0716. The smallest absolute Gasteiger partial charge is 0.315 e. The van der Waals surface area contributed by atoms with Crippen LogP contribution in [-0.4, -0.2) is 36.7 Å². The van der Waals surface area contributed by atoms with Crippen molar-refractivity contribution in [2.24, 2.45) is 0 Å². The largest absolute Gasteiger partial charge is 0.481 e. The molecule has 1 fully saturated rings. The highest BCUT2D eigenvalue weighted by Crippen LogP contribution is 2.23. The van der Waals surface area contributed by atoms with Gasteiger partial charge in [0.05, 0.1) is 6.42 Å². The number of hydrogen-bond acceptors (Lipinski definition) is 3. The lowest BCUT2D eigenvalue weighted by molar-refractivity contribution is -0.136. The van der Waals surface area contributed by atoms with Gasteiger partial charge in [0.1, 0.15) is 0 Å². The van der Waals surface area contributed by atoms with E-state index < -0.39 is 5.97 Å². The Morgan fingerprint density at radius 3 is 2.55 bits per heavy atom. The van der Waals surface area contributed by atoms with Crippen LogP contribution in [0.3, 0.4) is 0 Å². The Hall–Kier alpha value is -2.24. The highest BCUT2D eigenvalue weighted by Gasteiger charge is 2.14. The highest BCUT2D eigenvalue weighted by atomic mass is 16.4. The molecule has 0 unspecified atom stereocenters. The molecule has 0 aliphatic carbocycles. The van der Waals surface area contributed by atoms with E-state index in [-0.39, 0.29) is 19.0 Å². The van der Waals surface area contributed by atoms with Crippen molar-refractivity contribution in [2.75, 3.05) is 24.5 Å². The van der Waals surface area contributed by atoms with Crippen LogP contribution in [0.1, 0.15) is 31.2 Å². The topological polar surface area (TPSA) is 81.7 Å². The van der Waals surface area contributed by atoms with Crippen molar-refractivity contribution in [3.8, 4) is 0 Å². The number of piperidine rings is 1. The van der Waals surface area contributed by atoms with Gasteiger partial charge in [-0.15, -0.1) is 0 Å². The summed E-state index contributed by atoms with van der Waals surface area (Å²) in [6.45, 7) is 2.68. The molecule has 2 amide bonds. The van der Waals surface area contributed by atoms with Crippen molar-refractivity contribution >= 4 is 17.7 Å². The molecule has 2 rings (SSSR count). The normalized spacial score (nSPS) is 14.5. The Bertz CT molecular complexity index is 513. The van der Waals surface area contributed by atoms with Gasteiger partial charge >= 0.3 is 12.0 Å². The zero-order chi connectivity index (χ0) is 15.8. The van der Waals surface area contributed by atoms with Crippen LogP contribution in [0.15, 0.2) is 24.3 Å². The second kappa shape index (κ2) is 8.26. The summed E-state index contributed by atoms with van der Waals surface area (Å²) in [5.74, 6) is -0.921. The number of amides is 2. The standard InChI is InChI=1S/C16H23N3O3/c20-15(21)8-9-17-16(22)18-12-13-6-2-3-7-14(13)19-10-4-1-5-11-19/h2-3,6-7H,1,4-5,8-12H2,(H,20,21)(H2,17,18,22). The van der Waals surface area contributed by atoms with Crippen LogP contribution >= 0.6 is 0 Å². The molecular formula is C16H23N3O3.